The normalized spacial score (nSPS) is 13.9. The molecule has 0 radical (unpaired) electrons. The molecule has 3 aromatic carbocycles. The van der Waals surface area contributed by atoms with Crippen LogP contribution < -0.4 is 18.9 Å². The Morgan fingerprint density at radius 1 is 0.481 bits per heavy atom. The summed E-state index contributed by atoms with van der Waals surface area (Å²) in [7, 11) is 0. The zero-order valence-corrected chi connectivity index (χ0v) is 15.1. The summed E-state index contributed by atoms with van der Waals surface area (Å²) in [6, 6.07) is 24.1. The van der Waals surface area contributed by atoms with Gasteiger partial charge < -0.3 is 18.9 Å². The van der Waals surface area contributed by atoms with Gasteiger partial charge in [0.25, 0.3) is 0 Å². The van der Waals surface area contributed by atoms with E-state index in [0.717, 1.165) is 29.4 Å². The molecule has 0 fully saturated rings. The van der Waals surface area contributed by atoms with E-state index in [1.807, 2.05) is 42.5 Å². The lowest BCUT2D eigenvalue weighted by Crippen LogP contribution is -2.15. The maximum atomic E-state index is 5.96. The van der Waals surface area contributed by atoms with Crippen molar-refractivity contribution in [3.63, 3.8) is 0 Å². The summed E-state index contributed by atoms with van der Waals surface area (Å²) in [5.41, 5.74) is 2.44. The second-order valence-electron chi connectivity index (χ2n) is 6.28. The third kappa shape index (κ3) is 4.53. The fourth-order valence-corrected chi connectivity index (χ4v) is 3.02. The fourth-order valence-electron chi connectivity index (χ4n) is 3.02. The Bertz CT molecular complexity index is 877. The zero-order chi connectivity index (χ0) is 18.3. The van der Waals surface area contributed by atoms with Crippen molar-refractivity contribution in [2.45, 2.75) is 6.42 Å². The lowest BCUT2D eigenvalue weighted by atomic mass is 10.0. The highest BCUT2D eigenvalue weighted by Crippen LogP contribution is 2.31. The molecular weight excluding hydrogens is 340 g/mol. The van der Waals surface area contributed by atoms with Gasteiger partial charge in [0.15, 0.2) is 23.0 Å². The molecule has 1 heterocycles. The topological polar surface area (TPSA) is 36.9 Å². The van der Waals surface area contributed by atoms with E-state index in [2.05, 4.69) is 30.3 Å². The van der Waals surface area contributed by atoms with E-state index in [1.54, 1.807) is 0 Å². The van der Waals surface area contributed by atoms with Crippen molar-refractivity contribution >= 4 is 0 Å². The summed E-state index contributed by atoms with van der Waals surface area (Å²) >= 11 is 0. The molecule has 0 N–H and O–H groups in total. The average Bonchev–Trinajstić information content (AvgIpc) is 2.70. The van der Waals surface area contributed by atoms with Gasteiger partial charge in [-0.25, -0.2) is 0 Å². The minimum atomic E-state index is 0.430. The number of hydrogen-bond donors (Lipinski definition) is 0. The maximum Gasteiger partial charge on any atom is 0.161 e. The maximum absolute atomic E-state index is 5.96. The molecule has 1 aliphatic heterocycles. The Labute approximate surface area is 159 Å². The Morgan fingerprint density at radius 3 is 1.63 bits per heavy atom. The monoisotopic (exact) mass is 362 g/mol. The van der Waals surface area contributed by atoms with Gasteiger partial charge in [0.1, 0.15) is 26.4 Å². The third-order valence-corrected chi connectivity index (χ3v) is 4.31. The lowest BCUT2D eigenvalue weighted by molar-refractivity contribution is 0.171. The van der Waals surface area contributed by atoms with Gasteiger partial charge in [0.05, 0.1) is 0 Å². The van der Waals surface area contributed by atoms with E-state index < -0.39 is 0 Å². The Hall–Kier alpha value is -3.14. The van der Waals surface area contributed by atoms with Gasteiger partial charge in [-0.15, -0.1) is 0 Å². The van der Waals surface area contributed by atoms with Gasteiger partial charge in [0.2, 0.25) is 0 Å². The second-order valence-corrected chi connectivity index (χ2v) is 6.28. The van der Waals surface area contributed by atoms with Gasteiger partial charge in [-0.05, 0) is 41.8 Å². The van der Waals surface area contributed by atoms with Gasteiger partial charge in [-0.1, -0.05) is 48.5 Å². The molecule has 0 aliphatic carbocycles. The number of hydrogen-bond acceptors (Lipinski definition) is 4. The molecule has 138 valence electrons. The van der Waals surface area contributed by atoms with Crippen LogP contribution in [0.4, 0.5) is 0 Å². The minimum Gasteiger partial charge on any atom is -0.486 e. The molecule has 4 nitrogen and oxygen atoms in total. The third-order valence-electron chi connectivity index (χ3n) is 4.31. The molecule has 0 amide bonds. The number of benzene rings is 3. The molecule has 0 saturated heterocycles. The molecule has 0 saturated carbocycles. The molecule has 0 bridgehead atoms. The van der Waals surface area contributed by atoms with Crippen LogP contribution in [-0.2, 0) is 6.42 Å². The predicted octanol–water partition coefficient (Wildman–Crippen LogP) is 4.51. The van der Waals surface area contributed by atoms with Gasteiger partial charge in [-0.2, -0.15) is 0 Å². The smallest absolute Gasteiger partial charge is 0.161 e. The van der Waals surface area contributed by atoms with E-state index in [1.165, 1.54) is 11.1 Å². The van der Waals surface area contributed by atoms with Crippen LogP contribution in [0.1, 0.15) is 11.1 Å². The molecule has 4 heteroatoms. The van der Waals surface area contributed by atoms with E-state index in [9.17, 15) is 0 Å². The van der Waals surface area contributed by atoms with Gasteiger partial charge in [-0.3, -0.25) is 0 Å². The Balaban J connectivity index is 1.49. The first-order chi connectivity index (χ1) is 13.4. The molecule has 1 aliphatic rings. The Morgan fingerprint density at radius 2 is 1.00 bits per heavy atom. The number of rotatable bonds is 2. The standard InChI is InChI=1S/C23H22O4/c1-2-6-18(7-3-1)16-19-10-11-22-23(17-19)27-15-14-25-21-9-5-4-8-20(21)24-12-13-26-22/h1-11,17H,12-16H2. The predicted molar refractivity (Wildman–Crippen MR) is 104 cm³/mol. The van der Waals surface area contributed by atoms with Crippen molar-refractivity contribution in [1.29, 1.82) is 0 Å². The average molecular weight is 362 g/mol. The lowest BCUT2D eigenvalue weighted by Gasteiger charge is -2.18. The summed E-state index contributed by atoms with van der Waals surface area (Å²) < 4.78 is 23.5. The molecule has 3 aromatic rings. The minimum absolute atomic E-state index is 0.430. The van der Waals surface area contributed by atoms with Crippen molar-refractivity contribution in [3.05, 3.63) is 83.9 Å². The van der Waals surface area contributed by atoms with Gasteiger partial charge in [0, 0.05) is 0 Å². The first-order valence-corrected chi connectivity index (χ1v) is 9.15. The number of para-hydroxylation sites is 2. The Kier molecular flexibility index (Phi) is 5.44. The molecule has 0 unspecified atom stereocenters. The van der Waals surface area contributed by atoms with Crippen LogP contribution in [0.5, 0.6) is 23.0 Å². The van der Waals surface area contributed by atoms with Crippen LogP contribution in [0.3, 0.4) is 0 Å². The van der Waals surface area contributed by atoms with Crippen LogP contribution in [0, 0.1) is 0 Å². The first kappa shape index (κ1) is 17.3. The second kappa shape index (κ2) is 8.49. The fraction of sp³-hybridized carbons (Fsp3) is 0.217. The van der Waals surface area contributed by atoms with Crippen LogP contribution in [0.25, 0.3) is 0 Å². The van der Waals surface area contributed by atoms with Crippen molar-refractivity contribution in [1.82, 2.24) is 0 Å². The highest BCUT2D eigenvalue weighted by Gasteiger charge is 2.11. The summed E-state index contributed by atoms with van der Waals surface area (Å²) in [6.07, 6.45) is 0.852. The van der Waals surface area contributed by atoms with Crippen LogP contribution in [0.15, 0.2) is 72.8 Å². The summed E-state index contributed by atoms with van der Waals surface area (Å²) in [5, 5.41) is 0. The van der Waals surface area contributed by atoms with E-state index in [0.29, 0.717) is 26.4 Å². The molecular formula is C23H22O4. The summed E-state index contributed by atoms with van der Waals surface area (Å²) in [5.74, 6) is 2.91. The van der Waals surface area contributed by atoms with Gasteiger partial charge >= 0.3 is 0 Å². The van der Waals surface area contributed by atoms with Crippen LogP contribution in [-0.4, -0.2) is 26.4 Å². The first-order valence-electron chi connectivity index (χ1n) is 9.15. The highest BCUT2D eigenvalue weighted by molar-refractivity contribution is 5.44. The summed E-state index contributed by atoms with van der Waals surface area (Å²) in [4.78, 5) is 0. The molecule has 0 aromatic heterocycles. The SMILES string of the molecule is c1ccc(Cc2ccc3c(c2)OCCOc2ccccc2OCCO3)cc1. The van der Waals surface area contributed by atoms with Crippen molar-refractivity contribution in [2.24, 2.45) is 0 Å². The molecule has 4 rings (SSSR count). The largest absolute Gasteiger partial charge is 0.486 e. The zero-order valence-electron chi connectivity index (χ0n) is 15.1. The van der Waals surface area contributed by atoms with Crippen LogP contribution >= 0.6 is 0 Å². The summed E-state index contributed by atoms with van der Waals surface area (Å²) in [6.45, 7) is 1.73. The van der Waals surface area contributed by atoms with Crippen molar-refractivity contribution in [3.8, 4) is 23.0 Å². The van der Waals surface area contributed by atoms with E-state index in [-0.39, 0.29) is 0 Å². The van der Waals surface area contributed by atoms with Crippen molar-refractivity contribution in [2.75, 3.05) is 26.4 Å². The van der Waals surface area contributed by atoms with Crippen LogP contribution in [0.2, 0.25) is 0 Å². The van der Waals surface area contributed by atoms with E-state index in [4.69, 9.17) is 18.9 Å². The molecule has 0 spiro atoms. The van der Waals surface area contributed by atoms with Crippen molar-refractivity contribution < 1.29 is 18.9 Å². The molecule has 0 atom stereocenters. The quantitative estimate of drug-likeness (QED) is 0.672. The number of fused-ring (bicyclic) bond motifs is 2. The van der Waals surface area contributed by atoms with E-state index >= 15 is 0 Å². The number of ether oxygens (including phenoxy) is 4. The molecule has 27 heavy (non-hydrogen) atoms. The highest BCUT2D eigenvalue weighted by atomic mass is 16.6.